The van der Waals surface area contributed by atoms with Gasteiger partial charge in [-0.05, 0) is 109 Å². The summed E-state index contributed by atoms with van der Waals surface area (Å²) in [5.41, 5.74) is 0. The van der Waals surface area contributed by atoms with Gasteiger partial charge in [-0.25, -0.2) is 0 Å². The highest BCUT2D eigenvalue weighted by molar-refractivity contribution is 5.71. The zero-order valence-corrected chi connectivity index (χ0v) is 46.7. The molecule has 0 fully saturated rings. The van der Waals surface area contributed by atoms with E-state index in [1.54, 1.807) is 0 Å². The first kappa shape index (κ1) is 67.8. The molecule has 0 aromatic rings. The van der Waals surface area contributed by atoms with E-state index in [-0.39, 0.29) is 37.5 Å². The highest BCUT2D eigenvalue weighted by Crippen LogP contribution is 2.15. The highest BCUT2D eigenvalue weighted by Gasteiger charge is 2.19. The van der Waals surface area contributed by atoms with E-state index >= 15 is 0 Å². The lowest BCUT2D eigenvalue weighted by Gasteiger charge is -2.18. The summed E-state index contributed by atoms with van der Waals surface area (Å²) in [5, 5.41) is 0. The van der Waals surface area contributed by atoms with Crippen LogP contribution in [0.15, 0.2) is 122 Å². The van der Waals surface area contributed by atoms with Gasteiger partial charge in [0.25, 0.3) is 0 Å². The first-order valence-corrected chi connectivity index (χ1v) is 29.5. The standard InChI is InChI=1S/C66H108O6/c1-4-7-10-13-16-19-21-23-25-27-29-30-31-32-33-34-35-36-38-39-41-43-45-47-50-53-56-59-65(68)71-62-63(61-70-64(67)58-55-52-49-18-15-12-9-6-3)72-66(69)60-57-54-51-48-46-44-42-40-37-28-26-24-22-20-17-14-11-8-5-2/h7-8,10-11,16-17,19-20,23-26,29-30,32-33,37,40,44,46,63H,4-6,9,12-15,18,21-22,27-28,31,34-36,38-39,41-43,45,47-62H2,1-3H3/b10-7-,11-8-,19-16-,20-17-,25-23-,26-24-,30-29-,33-32-,40-37-,46-44-. The first-order valence-electron chi connectivity index (χ1n) is 29.5. The lowest BCUT2D eigenvalue weighted by atomic mass is 10.0. The fourth-order valence-corrected chi connectivity index (χ4v) is 7.85. The second-order valence-electron chi connectivity index (χ2n) is 19.1. The van der Waals surface area contributed by atoms with Crippen molar-refractivity contribution in [3.05, 3.63) is 122 Å². The third-order valence-electron chi connectivity index (χ3n) is 12.2. The van der Waals surface area contributed by atoms with E-state index in [1.165, 1.54) is 89.9 Å². The molecule has 1 unspecified atom stereocenters. The van der Waals surface area contributed by atoms with Crippen molar-refractivity contribution in [3.63, 3.8) is 0 Å². The number of rotatable bonds is 52. The van der Waals surface area contributed by atoms with Gasteiger partial charge in [-0.1, -0.05) is 251 Å². The number of carbonyl (C=O) groups excluding carboxylic acids is 3. The molecule has 0 rings (SSSR count). The van der Waals surface area contributed by atoms with Gasteiger partial charge >= 0.3 is 17.9 Å². The van der Waals surface area contributed by atoms with Crippen molar-refractivity contribution in [1.82, 2.24) is 0 Å². The van der Waals surface area contributed by atoms with Gasteiger partial charge < -0.3 is 14.2 Å². The van der Waals surface area contributed by atoms with E-state index in [2.05, 4.69) is 142 Å². The Morgan fingerprint density at radius 2 is 0.542 bits per heavy atom. The minimum atomic E-state index is -0.797. The minimum Gasteiger partial charge on any atom is -0.462 e. The molecule has 0 saturated heterocycles. The fraction of sp³-hybridized carbons (Fsp3) is 0.652. The average Bonchev–Trinajstić information content (AvgIpc) is 3.38. The molecule has 0 aromatic heterocycles. The molecule has 72 heavy (non-hydrogen) atoms. The Morgan fingerprint density at radius 1 is 0.292 bits per heavy atom. The van der Waals surface area contributed by atoms with Crippen LogP contribution >= 0.6 is 0 Å². The van der Waals surface area contributed by atoms with Crippen molar-refractivity contribution in [2.75, 3.05) is 13.2 Å². The summed E-state index contributed by atoms with van der Waals surface area (Å²) in [4.78, 5) is 38.0. The number of hydrogen-bond acceptors (Lipinski definition) is 6. The topological polar surface area (TPSA) is 78.9 Å². The third-order valence-corrected chi connectivity index (χ3v) is 12.2. The second kappa shape index (κ2) is 59.4. The molecule has 0 N–H and O–H groups in total. The smallest absolute Gasteiger partial charge is 0.306 e. The summed E-state index contributed by atoms with van der Waals surface area (Å²) < 4.78 is 16.8. The van der Waals surface area contributed by atoms with Crippen molar-refractivity contribution >= 4 is 17.9 Å². The Bertz CT molecular complexity index is 1520. The van der Waals surface area contributed by atoms with Gasteiger partial charge in [0.05, 0.1) is 0 Å². The summed E-state index contributed by atoms with van der Waals surface area (Å²) in [6.45, 7) is 6.35. The molecule has 0 heterocycles. The van der Waals surface area contributed by atoms with Gasteiger partial charge in [0.1, 0.15) is 13.2 Å². The van der Waals surface area contributed by atoms with Crippen LogP contribution in [-0.4, -0.2) is 37.2 Å². The predicted octanol–water partition coefficient (Wildman–Crippen LogP) is 20.0. The van der Waals surface area contributed by atoms with Gasteiger partial charge in [-0.2, -0.15) is 0 Å². The highest BCUT2D eigenvalue weighted by atomic mass is 16.6. The maximum absolute atomic E-state index is 12.8. The van der Waals surface area contributed by atoms with Crippen LogP contribution in [0.2, 0.25) is 0 Å². The molecule has 0 spiro atoms. The molecule has 0 aliphatic rings. The summed E-state index contributed by atoms with van der Waals surface area (Å²) in [6.07, 6.45) is 82.1. The molecule has 0 aromatic carbocycles. The number of unbranched alkanes of at least 4 members (excludes halogenated alkanes) is 21. The Labute approximate surface area is 443 Å². The van der Waals surface area contributed by atoms with E-state index in [0.717, 1.165) is 128 Å². The van der Waals surface area contributed by atoms with Crippen LogP contribution in [0.1, 0.15) is 258 Å². The summed E-state index contributed by atoms with van der Waals surface area (Å²) in [7, 11) is 0. The van der Waals surface area contributed by atoms with Gasteiger partial charge in [0.15, 0.2) is 6.10 Å². The molecule has 6 nitrogen and oxygen atoms in total. The zero-order valence-electron chi connectivity index (χ0n) is 46.7. The second-order valence-corrected chi connectivity index (χ2v) is 19.1. The minimum absolute atomic E-state index is 0.0932. The number of esters is 3. The van der Waals surface area contributed by atoms with E-state index in [0.29, 0.717) is 12.8 Å². The Hall–Kier alpha value is -4.19. The summed E-state index contributed by atoms with van der Waals surface area (Å²) in [5.74, 6) is -0.934. The van der Waals surface area contributed by atoms with Crippen molar-refractivity contribution in [2.45, 2.75) is 264 Å². The molecular formula is C66H108O6. The van der Waals surface area contributed by atoms with Crippen LogP contribution in [-0.2, 0) is 28.6 Å². The Morgan fingerprint density at radius 3 is 0.861 bits per heavy atom. The van der Waals surface area contributed by atoms with Crippen molar-refractivity contribution < 1.29 is 28.6 Å². The van der Waals surface area contributed by atoms with E-state index in [1.807, 2.05) is 0 Å². The van der Waals surface area contributed by atoms with E-state index < -0.39 is 6.10 Å². The fourth-order valence-electron chi connectivity index (χ4n) is 7.85. The molecule has 6 heteroatoms. The summed E-state index contributed by atoms with van der Waals surface area (Å²) >= 11 is 0. The largest absolute Gasteiger partial charge is 0.462 e. The number of hydrogen-bond donors (Lipinski definition) is 0. The molecule has 0 radical (unpaired) electrons. The Kier molecular flexibility index (Phi) is 55.9. The lowest BCUT2D eigenvalue weighted by Crippen LogP contribution is -2.30. The van der Waals surface area contributed by atoms with E-state index in [9.17, 15) is 14.4 Å². The predicted molar refractivity (Wildman–Crippen MR) is 311 cm³/mol. The molecule has 0 saturated carbocycles. The molecular weight excluding hydrogens is 889 g/mol. The summed E-state index contributed by atoms with van der Waals surface area (Å²) in [6, 6.07) is 0. The zero-order chi connectivity index (χ0) is 52.2. The van der Waals surface area contributed by atoms with Crippen LogP contribution < -0.4 is 0 Å². The van der Waals surface area contributed by atoms with Crippen molar-refractivity contribution in [3.8, 4) is 0 Å². The molecule has 0 aliphatic carbocycles. The maximum atomic E-state index is 12.8. The number of allylic oxidation sites excluding steroid dienone is 20. The van der Waals surface area contributed by atoms with Crippen LogP contribution in [0.25, 0.3) is 0 Å². The van der Waals surface area contributed by atoms with E-state index in [4.69, 9.17) is 14.2 Å². The van der Waals surface area contributed by atoms with Gasteiger partial charge in [-0.15, -0.1) is 0 Å². The van der Waals surface area contributed by atoms with Gasteiger partial charge in [0.2, 0.25) is 0 Å². The molecule has 0 aliphatic heterocycles. The third kappa shape index (κ3) is 56.7. The lowest BCUT2D eigenvalue weighted by molar-refractivity contribution is -0.167. The quantitative estimate of drug-likeness (QED) is 0.0261. The maximum Gasteiger partial charge on any atom is 0.306 e. The number of ether oxygens (including phenoxy) is 3. The van der Waals surface area contributed by atoms with Gasteiger partial charge in [0, 0.05) is 19.3 Å². The van der Waals surface area contributed by atoms with Crippen molar-refractivity contribution in [2.24, 2.45) is 0 Å². The van der Waals surface area contributed by atoms with Crippen LogP contribution in [0.3, 0.4) is 0 Å². The number of carbonyl (C=O) groups is 3. The SMILES string of the molecule is CC/C=C\C/C=C\C/C=C\C/C=C\C/C=C\CCCCCCCCCCCCCC(=O)OCC(COC(=O)CCCCCCCCCC)OC(=O)CCCCC/C=C\C/C=C\C/C=C\C/C=C\C/C=C\CC. The van der Waals surface area contributed by atoms with Crippen LogP contribution in [0.4, 0.5) is 0 Å². The van der Waals surface area contributed by atoms with Crippen LogP contribution in [0, 0.1) is 0 Å². The van der Waals surface area contributed by atoms with Gasteiger partial charge in [-0.3, -0.25) is 14.4 Å². The molecule has 0 amide bonds. The molecule has 408 valence electrons. The van der Waals surface area contributed by atoms with Crippen molar-refractivity contribution in [1.29, 1.82) is 0 Å². The van der Waals surface area contributed by atoms with Crippen LogP contribution in [0.5, 0.6) is 0 Å². The first-order chi connectivity index (χ1) is 35.5. The molecule has 0 bridgehead atoms. The Balaban J connectivity index is 4.26. The normalized spacial score (nSPS) is 13.0. The average molecular weight is 998 g/mol. The monoisotopic (exact) mass is 997 g/mol. The molecule has 1 atom stereocenters.